The Morgan fingerprint density at radius 2 is 1.96 bits per heavy atom. The molecule has 0 radical (unpaired) electrons. The zero-order valence-corrected chi connectivity index (χ0v) is 12.3. The van der Waals surface area contributed by atoms with E-state index in [1.807, 2.05) is 4.90 Å². The molecule has 0 aliphatic carbocycles. The van der Waals surface area contributed by atoms with Crippen LogP contribution < -0.4 is 4.90 Å². The van der Waals surface area contributed by atoms with Gasteiger partial charge >= 0.3 is 6.18 Å². The van der Waals surface area contributed by atoms with Gasteiger partial charge in [-0.25, -0.2) is 4.98 Å². The smallest absolute Gasteiger partial charge is 0.354 e. The molecule has 2 heterocycles. The molecule has 10 heteroatoms. The SMILES string of the molecule is O=[N+]([O-])OCCCN1CCN(c2ccc(C(F)(F)F)cn2)CC1. The summed E-state index contributed by atoms with van der Waals surface area (Å²) in [5, 5.41) is 9.21. The van der Waals surface area contributed by atoms with Gasteiger partial charge in [0.25, 0.3) is 5.09 Å². The van der Waals surface area contributed by atoms with Gasteiger partial charge in [-0.3, -0.25) is 4.90 Å². The first kappa shape index (κ1) is 17.3. The second-order valence-corrected chi connectivity index (χ2v) is 5.14. The van der Waals surface area contributed by atoms with Crippen LogP contribution >= 0.6 is 0 Å². The summed E-state index contributed by atoms with van der Waals surface area (Å²) in [5.41, 5.74) is -0.759. The Balaban J connectivity index is 1.77. The van der Waals surface area contributed by atoms with Gasteiger partial charge in [-0.15, -0.1) is 10.1 Å². The van der Waals surface area contributed by atoms with Crippen LogP contribution in [0.25, 0.3) is 0 Å². The van der Waals surface area contributed by atoms with Gasteiger partial charge in [0, 0.05) is 38.9 Å². The lowest BCUT2D eigenvalue weighted by Gasteiger charge is -2.35. The minimum Gasteiger partial charge on any atom is -0.354 e. The van der Waals surface area contributed by atoms with Crippen molar-refractivity contribution >= 4 is 5.82 Å². The van der Waals surface area contributed by atoms with Crippen molar-refractivity contribution in [2.75, 3.05) is 44.2 Å². The van der Waals surface area contributed by atoms with Gasteiger partial charge < -0.3 is 9.74 Å². The lowest BCUT2D eigenvalue weighted by Crippen LogP contribution is -2.47. The topological polar surface area (TPSA) is 71.7 Å². The predicted octanol–water partition coefficient (Wildman–Crippen LogP) is 1.82. The molecule has 2 rings (SSSR count). The van der Waals surface area contributed by atoms with E-state index < -0.39 is 16.8 Å². The second-order valence-electron chi connectivity index (χ2n) is 5.14. The maximum Gasteiger partial charge on any atom is 0.417 e. The molecule has 1 fully saturated rings. The molecule has 0 N–H and O–H groups in total. The molecule has 0 saturated carbocycles. The molecule has 0 amide bonds. The molecule has 0 aromatic carbocycles. The standard InChI is InChI=1S/C13H17F3N4O3/c14-13(15,16)11-2-3-12(17-10-11)19-7-5-18(6-8-19)4-1-9-23-20(21)22/h2-3,10H,1,4-9H2. The number of nitrogens with zero attached hydrogens (tertiary/aromatic N) is 4. The summed E-state index contributed by atoms with van der Waals surface area (Å²) in [6.07, 6.45) is -2.98. The van der Waals surface area contributed by atoms with Crippen LogP contribution in [0.3, 0.4) is 0 Å². The van der Waals surface area contributed by atoms with Crippen molar-refractivity contribution in [2.45, 2.75) is 12.6 Å². The summed E-state index contributed by atoms with van der Waals surface area (Å²) in [7, 11) is 0. The molecule has 0 bridgehead atoms. The Hall–Kier alpha value is -2.10. The normalized spacial score (nSPS) is 16.4. The molecule has 23 heavy (non-hydrogen) atoms. The van der Waals surface area contributed by atoms with Gasteiger partial charge in [-0.05, 0) is 18.6 Å². The number of pyridine rings is 1. The molecule has 0 spiro atoms. The summed E-state index contributed by atoms with van der Waals surface area (Å²) >= 11 is 0. The van der Waals surface area contributed by atoms with Crippen LogP contribution in [-0.2, 0) is 11.0 Å². The number of aromatic nitrogens is 1. The Bertz CT molecular complexity index is 516. The van der Waals surface area contributed by atoms with E-state index in [2.05, 4.69) is 14.7 Å². The van der Waals surface area contributed by atoms with Crippen molar-refractivity contribution in [1.29, 1.82) is 0 Å². The summed E-state index contributed by atoms with van der Waals surface area (Å²) in [5.74, 6) is 0.523. The van der Waals surface area contributed by atoms with E-state index >= 15 is 0 Å². The molecule has 128 valence electrons. The minimum atomic E-state index is -4.38. The fraction of sp³-hybridized carbons (Fsp3) is 0.615. The largest absolute Gasteiger partial charge is 0.417 e. The number of rotatable bonds is 6. The van der Waals surface area contributed by atoms with Gasteiger partial charge in [0.2, 0.25) is 0 Å². The maximum atomic E-state index is 12.5. The number of hydrogen-bond donors (Lipinski definition) is 0. The van der Waals surface area contributed by atoms with Gasteiger partial charge in [0.15, 0.2) is 0 Å². The van der Waals surface area contributed by atoms with E-state index in [-0.39, 0.29) is 6.61 Å². The van der Waals surface area contributed by atoms with Gasteiger partial charge in [-0.1, -0.05) is 0 Å². The monoisotopic (exact) mass is 334 g/mol. The Morgan fingerprint density at radius 1 is 1.26 bits per heavy atom. The quantitative estimate of drug-likeness (QED) is 0.449. The van der Waals surface area contributed by atoms with Crippen LogP contribution in [0.1, 0.15) is 12.0 Å². The summed E-state index contributed by atoms with van der Waals surface area (Å²) in [6, 6.07) is 2.41. The highest BCUT2D eigenvalue weighted by Crippen LogP contribution is 2.29. The molecular formula is C13H17F3N4O3. The lowest BCUT2D eigenvalue weighted by atomic mass is 10.2. The van der Waals surface area contributed by atoms with E-state index in [9.17, 15) is 23.3 Å². The molecule has 1 aliphatic rings. The summed E-state index contributed by atoms with van der Waals surface area (Å²) in [6.45, 7) is 3.49. The number of anilines is 1. The van der Waals surface area contributed by atoms with E-state index in [1.54, 1.807) is 0 Å². The van der Waals surface area contributed by atoms with Crippen molar-refractivity contribution in [3.63, 3.8) is 0 Å². The molecule has 1 saturated heterocycles. The number of hydrogen-bond acceptors (Lipinski definition) is 6. The molecule has 7 nitrogen and oxygen atoms in total. The zero-order chi connectivity index (χ0) is 16.9. The summed E-state index contributed by atoms with van der Waals surface area (Å²) < 4.78 is 37.5. The first-order valence-corrected chi connectivity index (χ1v) is 7.14. The van der Waals surface area contributed by atoms with E-state index in [0.29, 0.717) is 31.9 Å². The highest BCUT2D eigenvalue weighted by molar-refractivity contribution is 5.40. The van der Waals surface area contributed by atoms with Crippen LogP contribution in [0.4, 0.5) is 19.0 Å². The van der Waals surface area contributed by atoms with Crippen LogP contribution in [0.15, 0.2) is 18.3 Å². The molecule has 1 aromatic rings. The van der Waals surface area contributed by atoms with Crippen LogP contribution in [0.5, 0.6) is 0 Å². The predicted molar refractivity (Wildman–Crippen MR) is 75.5 cm³/mol. The first-order chi connectivity index (χ1) is 10.9. The zero-order valence-electron chi connectivity index (χ0n) is 12.3. The molecule has 0 unspecified atom stereocenters. The molecule has 1 aromatic heterocycles. The van der Waals surface area contributed by atoms with Crippen LogP contribution in [0.2, 0.25) is 0 Å². The van der Waals surface area contributed by atoms with E-state index in [1.165, 1.54) is 6.07 Å². The van der Waals surface area contributed by atoms with Gasteiger partial charge in [0.05, 0.1) is 12.2 Å². The van der Waals surface area contributed by atoms with Gasteiger partial charge in [-0.2, -0.15) is 13.2 Å². The highest BCUT2D eigenvalue weighted by atomic mass is 19.4. The average Bonchev–Trinajstić information content (AvgIpc) is 2.51. The van der Waals surface area contributed by atoms with E-state index in [4.69, 9.17) is 0 Å². The number of piperazine rings is 1. The van der Waals surface area contributed by atoms with Crippen molar-refractivity contribution in [2.24, 2.45) is 0 Å². The third-order valence-electron chi connectivity index (χ3n) is 3.59. The van der Waals surface area contributed by atoms with Gasteiger partial charge in [0.1, 0.15) is 5.82 Å². The van der Waals surface area contributed by atoms with E-state index in [0.717, 1.165) is 25.4 Å². The van der Waals surface area contributed by atoms with Crippen molar-refractivity contribution in [3.8, 4) is 0 Å². The number of alkyl halides is 3. The molecular weight excluding hydrogens is 317 g/mol. The third-order valence-corrected chi connectivity index (χ3v) is 3.59. The first-order valence-electron chi connectivity index (χ1n) is 7.14. The number of halogens is 3. The van der Waals surface area contributed by atoms with Crippen molar-refractivity contribution in [3.05, 3.63) is 34.0 Å². The third kappa shape index (κ3) is 5.23. The van der Waals surface area contributed by atoms with Crippen LogP contribution in [-0.4, -0.2) is 54.3 Å². The average molecular weight is 334 g/mol. The minimum absolute atomic E-state index is 0.0632. The fourth-order valence-corrected chi connectivity index (χ4v) is 2.37. The Morgan fingerprint density at radius 3 is 2.48 bits per heavy atom. The maximum absolute atomic E-state index is 12.5. The van der Waals surface area contributed by atoms with Crippen LogP contribution in [0, 0.1) is 10.1 Å². The van der Waals surface area contributed by atoms with Crippen molar-refractivity contribution < 1.29 is 23.1 Å². The summed E-state index contributed by atoms with van der Waals surface area (Å²) in [4.78, 5) is 22.2. The lowest BCUT2D eigenvalue weighted by molar-refractivity contribution is -0.757. The molecule has 0 atom stereocenters. The van der Waals surface area contributed by atoms with Crippen molar-refractivity contribution in [1.82, 2.24) is 9.88 Å². The fourth-order valence-electron chi connectivity index (χ4n) is 2.37. The highest BCUT2D eigenvalue weighted by Gasteiger charge is 2.31. The Labute approximate surface area is 130 Å². The second kappa shape index (κ2) is 7.44. The Kier molecular flexibility index (Phi) is 5.59. The molecule has 1 aliphatic heterocycles.